The lowest BCUT2D eigenvalue weighted by Gasteiger charge is -2.34. The highest BCUT2D eigenvalue weighted by Crippen LogP contribution is 2.25. The van der Waals surface area contributed by atoms with Crippen LogP contribution in [-0.4, -0.2) is 61.5 Å². The van der Waals surface area contributed by atoms with Crippen LogP contribution < -0.4 is 5.32 Å². The molecule has 4 heteroatoms. The Hall–Kier alpha value is -0.160. The second-order valence-corrected chi connectivity index (χ2v) is 4.18. The summed E-state index contributed by atoms with van der Waals surface area (Å²) in [4.78, 5) is 2.37. The van der Waals surface area contributed by atoms with Crippen molar-refractivity contribution < 1.29 is 9.84 Å². The lowest BCUT2D eigenvalue weighted by atomic mass is 10.1. The Bertz CT molecular complexity index is 183. The Morgan fingerprint density at radius 2 is 2.00 bits per heavy atom. The molecule has 82 valence electrons. The van der Waals surface area contributed by atoms with Crippen molar-refractivity contribution in [2.24, 2.45) is 0 Å². The first-order valence-electron chi connectivity index (χ1n) is 5.50. The minimum Gasteiger partial charge on any atom is -0.390 e. The van der Waals surface area contributed by atoms with E-state index in [2.05, 4.69) is 10.2 Å². The lowest BCUT2D eigenvalue weighted by Crippen LogP contribution is -2.50. The number of rotatable bonds is 2. The normalized spacial score (nSPS) is 40.3. The van der Waals surface area contributed by atoms with E-state index in [4.69, 9.17) is 4.74 Å². The van der Waals surface area contributed by atoms with Gasteiger partial charge in [-0.2, -0.15) is 0 Å². The van der Waals surface area contributed by atoms with E-state index in [1.807, 2.05) is 7.05 Å². The summed E-state index contributed by atoms with van der Waals surface area (Å²) in [6.45, 7) is 3.57. The van der Waals surface area contributed by atoms with Crippen molar-refractivity contribution in [2.45, 2.75) is 31.0 Å². The molecular formula is C10H20N2O2. The monoisotopic (exact) mass is 200 g/mol. The van der Waals surface area contributed by atoms with Crippen molar-refractivity contribution in [1.29, 1.82) is 0 Å². The topological polar surface area (TPSA) is 44.7 Å². The highest BCUT2D eigenvalue weighted by molar-refractivity contribution is 4.94. The fraction of sp³-hybridized carbons (Fsp3) is 1.00. The van der Waals surface area contributed by atoms with Gasteiger partial charge in [0, 0.05) is 25.2 Å². The third kappa shape index (κ3) is 1.93. The maximum absolute atomic E-state index is 10.1. The number of aliphatic hydroxyl groups excluding tert-OH is 1. The summed E-state index contributed by atoms with van der Waals surface area (Å²) in [5, 5.41) is 13.2. The van der Waals surface area contributed by atoms with Crippen molar-refractivity contribution in [3.05, 3.63) is 0 Å². The minimum absolute atomic E-state index is 0.210. The van der Waals surface area contributed by atoms with Gasteiger partial charge in [-0.1, -0.05) is 0 Å². The molecule has 2 fully saturated rings. The van der Waals surface area contributed by atoms with Gasteiger partial charge < -0.3 is 15.2 Å². The molecule has 1 aliphatic carbocycles. The van der Waals surface area contributed by atoms with E-state index in [0.717, 1.165) is 39.1 Å². The predicted molar refractivity (Wildman–Crippen MR) is 54.3 cm³/mol. The summed E-state index contributed by atoms with van der Waals surface area (Å²) < 4.78 is 5.31. The Morgan fingerprint density at radius 3 is 2.57 bits per heavy atom. The second-order valence-electron chi connectivity index (χ2n) is 4.18. The van der Waals surface area contributed by atoms with Crippen LogP contribution in [0.15, 0.2) is 0 Å². The maximum Gasteiger partial charge on any atom is 0.0847 e. The maximum atomic E-state index is 10.1. The minimum atomic E-state index is -0.210. The standard InChI is InChI=1S/C10H20N2O2/c1-11-8-2-3-9(10(8)13)12-4-6-14-7-5-12/h8-11,13H,2-7H2,1H3/t8-,9-,10-/m1/s1. The van der Waals surface area contributed by atoms with Crippen LogP contribution >= 0.6 is 0 Å². The zero-order chi connectivity index (χ0) is 9.97. The first-order chi connectivity index (χ1) is 6.83. The van der Waals surface area contributed by atoms with Gasteiger partial charge in [-0.15, -0.1) is 0 Å². The number of hydrogen-bond donors (Lipinski definition) is 2. The number of hydrogen-bond acceptors (Lipinski definition) is 4. The Labute approximate surface area is 85.2 Å². The molecule has 0 bridgehead atoms. The number of nitrogens with one attached hydrogen (secondary N) is 1. The quantitative estimate of drug-likeness (QED) is 0.626. The first-order valence-corrected chi connectivity index (χ1v) is 5.50. The van der Waals surface area contributed by atoms with Crippen LogP contribution in [0, 0.1) is 0 Å². The van der Waals surface area contributed by atoms with E-state index in [9.17, 15) is 5.11 Å². The molecule has 2 rings (SSSR count). The van der Waals surface area contributed by atoms with Crippen molar-refractivity contribution >= 4 is 0 Å². The van der Waals surface area contributed by atoms with Crippen LogP contribution in [0.5, 0.6) is 0 Å². The zero-order valence-corrected chi connectivity index (χ0v) is 8.78. The molecular weight excluding hydrogens is 180 g/mol. The number of likely N-dealkylation sites (N-methyl/N-ethyl adjacent to an activating group) is 1. The molecule has 2 N–H and O–H groups in total. The van der Waals surface area contributed by atoms with Gasteiger partial charge in [-0.05, 0) is 19.9 Å². The van der Waals surface area contributed by atoms with Crippen molar-refractivity contribution in [2.75, 3.05) is 33.4 Å². The average Bonchev–Trinajstić information content (AvgIpc) is 2.61. The Kier molecular flexibility index (Phi) is 3.38. The summed E-state index contributed by atoms with van der Waals surface area (Å²) in [7, 11) is 1.93. The molecule has 1 heterocycles. The largest absolute Gasteiger partial charge is 0.390 e. The number of ether oxygens (including phenoxy) is 1. The summed E-state index contributed by atoms with van der Waals surface area (Å²) in [6, 6.07) is 0.624. The predicted octanol–water partition coefficient (Wildman–Crippen LogP) is -0.570. The summed E-state index contributed by atoms with van der Waals surface area (Å²) in [6.07, 6.45) is 1.98. The van der Waals surface area contributed by atoms with Crippen LogP contribution in [-0.2, 0) is 4.74 Å². The van der Waals surface area contributed by atoms with Gasteiger partial charge in [0.05, 0.1) is 19.3 Å². The molecule has 0 aromatic heterocycles. The SMILES string of the molecule is CN[C@@H]1CC[C@@H](N2CCOCC2)[C@@H]1O. The Morgan fingerprint density at radius 1 is 1.29 bits per heavy atom. The van der Waals surface area contributed by atoms with Crippen LogP contribution in [0.1, 0.15) is 12.8 Å². The number of nitrogens with zero attached hydrogens (tertiary/aromatic N) is 1. The van der Waals surface area contributed by atoms with Gasteiger partial charge >= 0.3 is 0 Å². The van der Waals surface area contributed by atoms with E-state index in [1.54, 1.807) is 0 Å². The molecule has 1 saturated carbocycles. The summed E-state index contributed by atoms with van der Waals surface area (Å²) >= 11 is 0. The molecule has 4 nitrogen and oxygen atoms in total. The van der Waals surface area contributed by atoms with E-state index in [0.29, 0.717) is 6.04 Å². The fourth-order valence-corrected chi connectivity index (χ4v) is 2.58. The molecule has 0 spiro atoms. The van der Waals surface area contributed by atoms with Crippen LogP contribution in [0.3, 0.4) is 0 Å². The molecule has 14 heavy (non-hydrogen) atoms. The molecule has 1 aliphatic heterocycles. The highest BCUT2D eigenvalue weighted by atomic mass is 16.5. The highest BCUT2D eigenvalue weighted by Gasteiger charge is 2.37. The molecule has 3 atom stereocenters. The molecule has 2 aliphatic rings. The molecule has 0 radical (unpaired) electrons. The lowest BCUT2D eigenvalue weighted by molar-refractivity contribution is -0.0152. The van der Waals surface area contributed by atoms with Gasteiger partial charge in [-0.25, -0.2) is 0 Å². The molecule has 0 aromatic rings. The van der Waals surface area contributed by atoms with E-state index >= 15 is 0 Å². The molecule has 1 saturated heterocycles. The molecule has 0 amide bonds. The van der Waals surface area contributed by atoms with Gasteiger partial charge in [0.25, 0.3) is 0 Å². The van der Waals surface area contributed by atoms with Gasteiger partial charge in [0.2, 0.25) is 0 Å². The smallest absolute Gasteiger partial charge is 0.0847 e. The van der Waals surface area contributed by atoms with Gasteiger partial charge in [0.15, 0.2) is 0 Å². The van der Waals surface area contributed by atoms with Gasteiger partial charge in [-0.3, -0.25) is 4.90 Å². The fourth-order valence-electron chi connectivity index (χ4n) is 2.58. The third-order valence-corrected chi connectivity index (χ3v) is 3.47. The third-order valence-electron chi connectivity index (χ3n) is 3.47. The number of morpholine rings is 1. The second kappa shape index (κ2) is 4.57. The first kappa shape index (κ1) is 10.4. The van der Waals surface area contributed by atoms with Crippen molar-refractivity contribution in [3.8, 4) is 0 Å². The van der Waals surface area contributed by atoms with Gasteiger partial charge in [0.1, 0.15) is 0 Å². The summed E-state index contributed by atoms with van der Waals surface area (Å²) in [5.41, 5.74) is 0. The van der Waals surface area contributed by atoms with Crippen molar-refractivity contribution in [3.63, 3.8) is 0 Å². The molecule has 0 aromatic carbocycles. The summed E-state index contributed by atoms with van der Waals surface area (Å²) in [5.74, 6) is 0. The van der Waals surface area contributed by atoms with E-state index in [-0.39, 0.29) is 12.1 Å². The van der Waals surface area contributed by atoms with Crippen molar-refractivity contribution in [1.82, 2.24) is 10.2 Å². The van der Waals surface area contributed by atoms with E-state index < -0.39 is 0 Å². The number of aliphatic hydroxyl groups is 1. The van der Waals surface area contributed by atoms with Crippen LogP contribution in [0.4, 0.5) is 0 Å². The average molecular weight is 200 g/mol. The zero-order valence-electron chi connectivity index (χ0n) is 8.78. The van der Waals surface area contributed by atoms with Crippen LogP contribution in [0.2, 0.25) is 0 Å². The van der Waals surface area contributed by atoms with Crippen LogP contribution in [0.25, 0.3) is 0 Å². The molecule has 0 unspecified atom stereocenters. The van der Waals surface area contributed by atoms with E-state index in [1.165, 1.54) is 0 Å². The Balaban J connectivity index is 1.91.